The summed E-state index contributed by atoms with van der Waals surface area (Å²) < 4.78 is 19.0. The Hall–Kier alpha value is -2.16. The molecule has 2 rings (SSSR count). The van der Waals surface area contributed by atoms with Crippen molar-refractivity contribution >= 4 is 5.78 Å². The van der Waals surface area contributed by atoms with Crippen molar-refractivity contribution in [3.63, 3.8) is 0 Å². The highest BCUT2D eigenvalue weighted by molar-refractivity contribution is 5.82. The van der Waals surface area contributed by atoms with Gasteiger partial charge in [0.05, 0.1) is 0 Å². The monoisotopic (exact) mass is 272 g/mol. The van der Waals surface area contributed by atoms with Crippen molar-refractivity contribution in [1.82, 2.24) is 0 Å². The van der Waals surface area contributed by atoms with E-state index in [9.17, 15) is 9.18 Å². The molecule has 0 N–H and O–H groups in total. The van der Waals surface area contributed by atoms with Gasteiger partial charge in [0.15, 0.2) is 5.78 Å². The van der Waals surface area contributed by atoms with Gasteiger partial charge in [-0.15, -0.1) is 0 Å². The molecule has 0 unspecified atom stereocenters. The predicted molar refractivity (Wildman–Crippen MR) is 76.5 cm³/mol. The fourth-order valence-corrected chi connectivity index (χ4v) is 2.08. The minimum atomic E-state index is -0.354. The molecule has 3 heteroatoms. The third-order valence-corrected chi connectivity index (χ3v) is 3.13. The number of ketones is 1. The van der Waals surface area contributed by atoms with Gasteiger partial charge in [0, 0.05) is 6.42 Å². The molecule has 0 saturated carbocycles. The van der Waals surface area contributed by atoms with E-state index >= 15 is 0 Å². The summed E-state index contributed by atoms with van der Waals surface area (Å²) in [6.07, 6.45) is 0.0532. The number of hydrogen-bond acceptors (Lipinski definition) is 2. The Bertz CT molecular complexity index is 600. The standard InChI is InChI=1S/C17H17FO2/c1-12-6-5-7-13(2)17(12)20-11-15(19)10-14-8-3-4-9-16(14)18/h3-9H,10-11H2,1-2H3. The van der Waals surface area contributed by atoms with E-state index in [0.29, 0.717) is 5.56 Å². The van der Waals surface area contributed by atoms with E-state index in [4.69, 9.17) is 4.74 Å². The summed E-state index contributed by atoms with van der Waals surface area (Å²) in [5.41, 5.74) is 2.38. The van der Waals surface area contributed by atoms with E-state index in [1.54, 1.807) is 18.2 Å². The number of aryl methyl sites for hydroxylation is 2. The van der Waals surface area contributed by atoms with Crippen LogP contribution < -0.4 is 4.74 Å². The van der Waals surface area contributed by atoms with Crippen LogP contribution in [0.5, 0.6) is 5.75 Å². The number of hydrogen-bond donors (Lipinski definition) is 0. The Kier molecular flexibility index (Phi) is 4.51. The van der Waals surface area contributed by atoms with Crippen molar-refractivity contribution in [2.24, 2.45) is 0 Å². The molecule has 0 spiro atoms. The SMILES string of the molecule is Cc1cccc(C)c1OCC(=O)Cc1ccccc1F. The molecule has 0 bridgehead atoms. The molecule has 0 heterocycles. The third-order valence-electron chi connectivity index (χ3n) is 3.13. The quantitative estimate of drug-likeness (QED) is 0.830. The summed E-state index contributed by atoms with van der Waals surface area (Å²) in [6, 6.07) is 12.1. The van der Waals surface area contributed by atoms with Crippen LogP contribution in [0.15, 0.2) is 42.5 Å². The van der Waals surface area contributed by atoms with Crippen LogP contribution in [0.3, 0.4) is 0 Å². The molecule has 0 aromatic heterocycles. The highest BCUT2D eigenvalue weighted by atomic mass is 19.1. The smallest absolute Gasteiger partial charge is 0.174 e. The van der Waals surface area contributed by atoms with Gasteiger partial charge in [-0.25, -0.2) is 4.39 Å². The van der Waals surface area contributed by atoms with Gasteiger partial charge in [-0.3, -0.25) is 4.79 Å². The Morgan fingerprint density at radius 2 is 1.70 bits per heavy atom. The van der Waals surface area contributed by atoms with E-state index in [1.165, 1.54) is 6.07 Å². The van der Waals surface area contributed by atoms with Crippen LogP contribution in [0.1, 0.15) is 16.7 Å². The van der Waals surface area contributed by atoms with Gasteiger partial charge in [0.25, 0.3) is 0 Å². The number of benzene rings is 2. The third kappa shape index (κ3) is 3.44. The number of ether oxygens (including phenoxy) is 1. The molecule has 0 aliphatic heterocycles. The summed E-state index contributed by atoms with van der Waals surface area (Å²) >= 11 is 0. The second-order valence-corrected chi connectivity index (χ2v) is 4.82. The summed E-state index contributed by atoms with van der Waals surface area (Å²) in [6.45, 7) is 3.83. The van der Waals surface area contributed by atoms with E-state index in [2.05, 4.69) is 0 Å². The lowest BCUT2D eigenvalue weighted by molar-refractivity contribution is -0.120. The molecule has 0 radical (unpaired) electrons. The first kappa shape index (κ1) is 14.3. The van der Waals surface area contributed by atoms with Crippen molar-refractivity contribution < 1.29 is 13.9 Å². The molecular formula is C17H17FO2. The maximum atomic E-state index is 13.4. The van der Waals surface area contributed by atoms with Gasteiger partial charge in [0.1, 0.15) is 18.2 Å². The first-order valence-electron chi connectivity index (χ1n) is 6.52. The molecule has 0 atom stereocenters. The fourth-order valence-electron chi connectivity index (χ4n) is 2.08. The molecule has 20 heavy (non-hydrogen) atoms. The topological polar surface area (TPSA) is 26.3 Å². The lowest BCUT2D eigenvalue weighted by Crippen LogP contribution is -2.15. The van der Waals surface area contributed by atoms with Crippen molar-refractivity contribution in [3.05, 3.63) is 65.0 Å². The average molecular weight is 272 g/mol. The van der Waals surface area contributed by atoms with Crippen LogP contribution in [0.4, 0.5) is 4.39 Å². The van der Waals surface area contributed by atoms with Crippen LogP contribution in [0.2, 0.25) is 0 Å². The van der Waals surface area contributed by atoms with Crippen molar-refractivity contribution in [3.8, 4) is 5.75 Å². The van der Waals surface area contributed by atoms with Crippen molar-refractivity contribution in [1.29, 1.82) is 0 Å². The number of halogens is 1. The maximum absolute atomic E-state index is 13.4. The number of para-hydroxylation sites is 1. The van der Waals surface area contributed by atoms with E-state index in [-0.39, 0.29) is 24.6 Å². The maximum Gasteiger partial charge on any atom is 0.174 e. The minimum absolute atomic E-state index is 0.0416. The zero-order valence-electron chi connectivity index (χ0n) is 11.7. The van der Waals surface area contributed by atoms with Gasteiger partial charge < -0.3 is 4.74 Å². The van der Waals surface area contributed by atoms with Crippen LogP contribution in [-0.2, 0) is 11.2 Å². The average Bonchev–Trinajstić information content (AvgIpc) is 2.41. The minimum Gasteiger partial charge on any atom is -0.485 e. The molecule has 0 saturated heterocycles. The normalized spacial score (nSPS) is 10.3. The van der Waals surface area contributed by atoms with Crippen molar-refractivity contribution in [2.45, 2.75) is 20.3 Å². The highest BCUT2D eigenvalue weighted by Crippen LogP contribution is 2.22. The first-order chi connectivity index (χ1) is 9.58. The van der Waals surface area contributed by atoms with Gasteiger partial charge >= 0.3 is 0 Å². The first-order valence-corrected chi connectivity index (χ1v) is 6.52. The summed E-state index contributed by atoms with van der Waals surface area (Å²) in [7, 11) is 0. The summed E-state index contributed by atoms with van der Waals surface area (Å²) in [4.78, 5) is 11.9. The molecule has 2 aromatic carbocycles. The highest BCUT2D eigenvalue weighted by Gasteiger charge is 2.10. The molecular weight excluding hydrogens is 255 g/mol. The lowest BCUT2D eigenvalue weighted by Gasteiger charge is -2.11. The number of carbonyl (C=O) groups is 1. The lowest BCUT2D eigenvalue weighted by atomic mass is 10.1. The largest absolute Gasteiger partial charge is 0.485 e. The Balaban J connectivity index is 1.98. The van der Waals surface area contributed by atoms with Crippen LogP contribution in [0, 0.1) is 19.7 Å². The molecule has 0 aliphatic rings. The zero-order chi connectivity index (χ0) is 14.5. The van der Waals surface area contributed by atoms with E-state index in [0.717, 1.165) is 16.9 Å². The van der Waals surface area contributed by atoms with Gasteiger partial charge in [-0.05, 0) is 36.6 Å². The van der Waals surface area contributed by atoms with E-state index < -0.39 is 0 Å². The molecule has 0 fully saturated rings. The summed E-state index contributed by atoms with van der Waals surface area (Å²) in [5, 5.41) is 0. The fraction of sp³-hybridized carbons (Fsp3) is 0.235. The van der Waals surface area contributed by atoms with Crippen LogP contribution in [0.25, 0.3) is 0 Å². The molecule has 104 valence electrons. The van der Waals surface area contributed by atoms with Gasteiger partial charge in [-0.1, -0.05) is 36.4 Å². The molecule has 2 nitrogen and oxygen atoms in total. The zero-order valence-corrected chi connectivity index (χ0v) is 11.7. The predicted octanol–water partition coefficient (Wildman–Crippen LogP) is 3.63. The Labute approximate surface area is 118 Å². The second-order valence-electron chi connectivity index (χ2n) is 4.82. The van der Waals surface area contributed by atoms with Crippen molar-refractivity contribution in [2.75, 3.05) is 6.61 Å². The Morgan fingerprint density at radius 3 is 2.35 bits per heavy atom. The molecule has 0 aliphatic carbocycles. The number of Topliss-reactive ketones (excluding diaryl/α,β-unsaturated/α-hetero) is 1. The summed E-state index contributed by atoms with van der Waals surface area (Å²) in [5.74, 6) is 0.236. The van der Waals surface area contributed by atoms with Crippen LogP contribution in [-0.4, -0.2) is 12.4 Å². The number of rotatable bonds is 5. The Morgan fingerprint density at radius 1 is 1.05 bits per heavy atom. The van der Waals surface area contributed by atoms with E-state index in [1.807, 2.05) is 32.0 Å². The molecule has 2 aromatic rings. The van der Waals surface area contributed by atoms with Gasteiger partial charge in [-0.2, -0.15) is 0 Å². The number of carbonyl (C=O) groups excluding carboxylic acids is 1. The van der Waals surface area contributed by atoms with Gasteiger partial charge in [0.2, 0.25) is 0 Å². The van der Waals surface area contributed by atoms with Crippen LogP contribution >= 0.6 is 0 Å². The second kappa shape index (κ2) is 6.33. The molecule has 0 amide bonds.